The lowest BCUT2D eigenvalue weighted by atomic mass is 10.0. The van der Waals surface area contributed by atoms with Crippen LogP contribution in [0.4, 0.5) is 0 Å². The van der Waals surface area contributed by atoms with Gasteiger partial charge in [-0.25, -0.2) is 4.98 Å². The fourth-order valence-corrected chi connectivity index (χ4v) is 2.90. The molecular formula is C19H22N2O3. The van der Waals surface area contributed by atoms with Crippen LogP contribution in [-0.4, -0.2) is 48.6 Å². The number of methoxy groups -OCH3 is 1. The van der Waals surface area contributed by atoms with Crippen molar-refractivity contribution in [3.05, 3.63) is 59.8 Å². The smallest absolute Gasteiger partial charge is 0.212 e. The minimum Gasteiger partial charge on any atom is -0.481 e. The van der Waals surface area contributed by atoms with Crippen molar-refractivity contribution in [1.82, 2.24) is 9.88 Å². The molecule has 0 bridgehead atoms. The third-order valence-electron chi connectivity index (χ3n) is 4.26. The molecule has 0 saturated carbocycles. The second-order valence-corrected chi connectivity index (χ2v) is 5.90. The van der Waals surface area contributed by atoms with Crippen molar-refractivity contribution in [2.75, 3.05) is 26.9 Å². The number of benzene rings is 1. The lowest BCUT2D eigenvalue weighted by Crippen LogP contribution is -2.45. The maximum Gasteiger partial charge on any atom is 0.212 e. The second kappa shape index (κ2) is 8.04. The largest absolute Gasteiger partial charge is 0.481 e. The maximum atomic E-state index is 12.5. The van der Waals surface area contributed by atoms with Crippen LogP contribution in [0.1, 0.15) is 22.3 Å². The van der Waals surface area contributed by atoms with Gasteiger partial charge in [-0.15, -0.1) is 0 Å². The fraction of sp³-hybridized carbons (Fsp3) is 0.368. The van der Waals surface area contributed by atoms with E-state index in [-0.39, 0.29) is 11.8 Å². The zero-order valence-electron chi connectivity index (χ0n) is 13.9. The highest BCUT2D eigenvalue weighted by molar-refractivity contribution is 5.96. The summed E-state index contributed by atoms with van der Waals surface area (Å²) in [4.78, 5) is 19.0. The lowest BCUT2D eigenvalue weighted by Gasteiger charge is -2.35. The van der Waals surface area contributed by atoms with Gasteiger partial charge in [0.1, 0.15) is 0 Å². The molecule has 1 aromatic heterocycles. The van der Waals surface area contributed by atoms with Gasteiger partial charge in [-0.1, -0.05) is 36.4 Å². The molecule has 24 heavy (non-hydrogen) atoms. The summed E-state index contributed by atoms with van der Waals surface area (Å²) in [6.07, 6.45) is 2.29. The Hall–Kier alpha value is -2.24. The van der Waals surface area contributed by atoms with E-state index in [0.717, 1.165) is 24.2 Å². The summed E-state index contributed by atoms with van der Waals surface area (Å²) in [5, 5.41) is 0. The summed E-state index contributed by atoms with van der Waals surface area (Å²) < 4.78 is 10.7. The van der Waals surface area contributed by atoms with Gasteiger partial charge >= 0.3 is 0 Å². The van der Waals surface area contributed by atoms with E-state index in [1.54, 1.807) is 7.11 Å². The Labute approximate surface area is 142 Å². The summed E-state index contributed by atoms with van der Waals surface area (Å²) in [7, 11) is 1.61. The Balaban J connectivity index is 1.65. The van der Waals surface area contributed by atoms with Crippen molar-refractivity contribution in [2.24, 2.45) is 0 Å². The van der Waals surface area contributed by atoms with E-state index in [0.29, 0.717) is 25.5 Å². The number of carbonyl (C=O) groups is 1. The molecule has 0 N–H and O–H groups in total. The van der Waals surface area contributed by atoms with E-state index >= 15 is 0 Å². The van der Waals surface area contributed by atoms with Crippen molar-refractivity contribution in [3.63, 3.8) is 0 Å². The van der Waals surface area contributed by atoms with E-state index in [1.165, 1.54) is 0 Å². The monoisotopic (exact) mass is 326 g/mol. The molecule has 5 nitrogen and oxygen atoms in total. The van der Waals surface area contributed by atoms with Crippen LogP contribution in [0.5, 0.6) is 5.88 Å². The highest BCUT2D eigenvalue weighted by Crippen LogP contribution is 2.18. The standard InChI is InChI=1S/C19H22N2O3/c1-23-19-8-7-15(12-20-19)13-21-9-10-24-14-17(21)11-18(22)16-5-3-2-4-6-16/h2-8,12,17H,9-11,13-14H2,1H3/t17-/m0/s1. The number of hydrogen-bond acceptors (Lipinski definition) is 5. The molecule has 0 radical (unpaired) electrons. The molecule has 0 unspecified atom stereocenters. The molecule has 5 heteroatoms. The summed E-state index contributed by atoms with van der Waals surface area (Å²) in [5.74, 6) is 0.764. The van der Waals surface area contributed by atoms with Gasteiger partial charge in [-0.05, 0) is 5.56 Å². The number of aromatic nitrogens is 1. The third kappa shape index (κ3) is 4.19. The molecule has 1 aliphatic heterocycles. The number of ether oxygens (including phenoxy) is 2. The lowest BCUT2D eigenvalue weighted by molar-refractivity contribution is -0.0126. The van der Waals surface area contributed by atoms with Gasteiger partial charge in [-0.3, -0.25) is 9.69 Å². The maximum absolute atomic E-state index is 12.5. The number of pyridine rings is 1. The van der Waals surface area contributed by atoms with Crippen LogP contribution in [0.3, 0.4) is 0 Å². The number of hydrogen-bond donors (Lipinski definition) is 0. The molecule has 1 aromatic carbocycles. The number of Topliss-reactive ketones (excluding diaryl/α,β-unsaturated/α-hetero) is 1. The van der Waals surface area contributed by atoms with Gasteiger partial charge in [-0.2, -0.15) is 0 Å². The van der Waals surface area contributed by atoms with Crippen LogP contribution in [-0.2, 0) is 11.3 Å². The molecule has 0 amide bonds. The highest BCUT2D eigenvalue weighted by Gasteiger charge is 2.25. The average Bonchev–Trinajstić information content (AvgIpc) is 2.64. The molecule has 1 atom stereocenters. The molecule has 1 fully saturated rings. The summed E-state index contributed by atoms with van der Waals surface area (Å²) >= 11 is 0. The van der Waals surface area contributed by atoms with Crippen molar-refractivity contribution < 1.29 is 14.3 Å². The molecule has 126 valence electrons. The average molecular weight is 326 g/mol. The van der Waals surface area contributed by atoms with Gasteiger partial charge in [0.2, 0.25) is 5.88 Å². The Morgan fingerprint density at radius 2 is 2.12 bits per heavy atom. The first-order valence-electron chi connectivity index (χ1n) is 8.15. The Kier molecular flexibility index (Phi) is 5.56. The van der Waals surface area contributed by atoms with Gasteiger partial charge < -0.3 is 9.47 Å². The van der Waals surface area contributed by atoms with Gasteiger partial charge in [0, 0.05) is 43.4 Å². The normalized spacial score (nSPS) is 18.3. The first-order valence-corrected chi connectivity index (χ1v) is 8.15. The number of ketones is 1. The molecule has 2 aromatic rings. The SMILES string of the molecule is COc1ccc(CN2CCOC[C@@H]2CC(=O)c2ccccc2)cn1. The van der Waals surface area contributed by atoms with Gasteiger partial charge in [0.25, 0.3) is 0 Å². The molecule has 0 aliphatic carbocycles. The fourth-order valence-electron chi connectivity index (χ4n) is 2.90. The van der Waals surface area contributed by atoms with Crippen molar-refractivity contribution in [1.29, 1.82) is 0 Å². The molecule has 3 rings (SSSR count). The van der Waals surface area contributed by atoms with Crippen LogP contribution in [0.15, 0.2) is 48.7 Å². The molecule has 2 heterocycles. The van der Waals surface area contributed by atoms with Crippen molar-refractivity contribution >= 4 is 5.78 Å². The van der Waals surface area contributed by atoms with E-state index < -0.39 is 0 Å². The minimum absolute atomic E-state index is 0.0913. The molecule has 1 saturated heterocycles. The van der Waals surface area contributed by atoms with Crippen LogP contribution in [0.25, 0.3) is 0 Å². The van der Waals surface area contributed by atoms with Crippen LogP contribution < -0.4 is 4.74 Å². The first-order chi connectivity index (χ1) is 11.8. The minimum atomic E-state index is 0.0913. The quantitative estimate of drug-likeness (QED) is 0.764. The second-order valence-electron chi connectivity index (χ2n) is 5.90. The number of morpholine rings is 1. The third-order valence-corrected chi connectivity index (χ3v) is 4.26. The van der Waals surface area contributed by atoms with Crippen LogP contribution in [0.2, 0.25) is 0 Å². The summed E-state index contributed by atoms with van der Waals surface area (Å²) in [5.41, 5.74) is 1.86. The Bertz CT molecular complexity index is 658. The predicted molar refractivity (Wildman–Crippen MR) is 91.2 cm³/mol. The van der Waals surface area contributed by atoms with Gasteiger partial charge in [0.15, 0.2) is 5.78 Å². The molecular weight excluding hydrogens is 304 g/mol. The first kappa shape index (κ1) is 16.6. The highest BCUT2D eigenvalue weighted by atomic mass is 16.5. The molecule has 0 spiro atoms. The predicted octanol–water partition coefficient (Wildman–Crippen LogP) is 2.56. The van der Waals surface area contributed by atoms with Crippen LogP contribution >= 0.6 is 0 Å². The zero-order valence-corrected chi connectivity index (χ0v) is 13.9. The Morgan fingerprint density at radius 1 is 1.29 bits per heavy atom. The van der Waals surface area contributed by atoms with Gasteiger partial charge in [0.05, 0.1) is 20.3 Å². The van der Waals surface area contributed by atoms with Crippen LogP contribution in [0, 0.1) is 0 Å². The van der Waals surface area contributed by atoms with Crippen molar-refractivity contribution in [3.8, 4) is 5.88 Å². The Morgan fingerprint density at radius 3 is 2.83 bits per heavy atom. The molecule has 1 aliphatic rings. The topological polar surface area (TPSA) is 51.7 Å². The van der Waals surface area contributed by atoms with E-state index in [9.17, 15) is 4.79 Å². The summed E-state index contributed by atoms with van der Waals surface area (Å²) in [6.45, 7) is 2.85. The van der Waals surface area contributed by atoms with E-state index in [2.05, 4.69) is 9.88 Å². The summed E-state index contributed by atoms with van der Waals surface area (Å²) in [6, 6.07) is 13.4. The van der Waals surface area contributed by atoms with E-state index in [1.807, 2.05) is 48.7 Å². The zero-order chi connectivity index (χ0) is 16.8. The number of rotatable bonds is 6. The van der Waals surface area contributed by atoms with E-state index in [4.69, 9.17) is 9.47 Å². The number of nitrogens with zero attached hydrogens (tertiary/aromatic N) is 2. The number of carbonyl (C=O) groups excluding carboxylic acids is 1. The van der Waals surface area contributed by atoms with Crippen molar-refractivity contribution in [2.45, 2.75) is 19.0 Å².